The third kappa shape index (κ3) is 2.78. The normalized spacial score (nSPS) is 18.1. The van der Waals surface area contributed by atoms with Crippen LogP contribution in [0.5, 0.6) is 0 Å². The van der Waals surface area contributed by atoms with Crippen LogP contribution in [-0.4, -0.2) is 13.7 Å². The molecule has 1 aromatic rings. The molecule has 0 bridgehead atoms. The largest absolute Gasteiger partial charge is 0.384 e. The third-order valence-electron chi connectivity index (χ3n) is 3.46. The van der Waals surface area contributed by atoms with Crippen LogP contribution in [0.4, 0.5) is 0 Å². The average molecular weight is 239 g/mol. The molecule has 88 valence electrons. The molecule has 0 spiro atoms. The standard InChI is InChI=1S/C14H19ClO/c1-16-10-9-11-5-7-13(8-6-11)14(15)12-3-2-4-12/h5-8,12,14H,2-4,9-10H2,1H3. The number of rotatable bonds is 5. The molecule has 1 unspecified atom stereocenters. The second kappa shape index (κ2) is 5.70. The fourth-order valence-corrected chi connectivity index (χ4v) is 2.49. The molecule has 1 aliphatic carbocycles. The summed E-state index contributed by atoms with van der Waals surface area (Å²) in [5.74, 6) is 0.700. The van der Waals surface area contributed by atoms with Gasteiger partial charge in [-0.25, -0.2) is 0 Å². The molecule has 0 saturated heterocycles. The highest BCUT2D eigenvalue weighted by Gasteiger charge is 2.26. The fraction of sp³-hybridized carbons (Fsp3) is 0.571. The SMILES string of the molecule is COCCc1ccc(C(Cl)C2CCC2)cc1. The van der Waals surface area contributed by atoms with Crippen LogP contribution < -0.4 is 0 Å². The van der Waals surface area contributed by atoms with Crippen molar-refractivity contribution in [1.82, 2.24) is 0 Å². The molecule has 1 saturated carbocycles. The number of benzene rings is 1. The Hall–Kier alpha value is -0.530. The number of alkyl halides is 1. The highest BCUT2D eigenvalue weighted by molar-refractivity contribution is 6.21. The van der Waals surface area contributed by atoms with Gasteiger partial charge in [0.15, 0.2) is 0 Å². The topological polar surface area (TPSA) is 9.23 Å². The number of halogens is 1. The summed E-state index contributed by atoms with van der Waals surface area (Å²) in [7, 11) is 1.74. The smallest absolute Gasteiger partial charge is 0.0613 e. The average Bonchev–Trinajstić information content (AvgIpc) is 2.24. The van der Waals surface area contributed by atoms with Crippen molar-refractivity contribution in [3.05, 3.63) is 35.4 Å². The number of methoxy groups -OCH3 is 1. The van der Waals surface area contributed by atoms with Crippen molar-refractivity contribution in [1.29, 1.82) is 0 Å². The zero-order valence-electron chi connectivity index (χ0n) is 9.79. The predicted octanol–water partition coefficient (Wildman–Crippen LogP) is 3.96. The minimum atomic E-state index is 0.213. The highest BCUT2D eigenvalue weighted by Crippen LogP contribution is 2.41. The number of ether oxygens (including phenoxy) is 1. The zero-order valence-corrected chi connectivity index (χ0v) is 10.5. The maximum Gasteiger partial charge on any atom is 0.0613 e. The van der Waals surface area contributed by atoms with Gasteiger partial charge in [-0.15, -0.1) is 11.6 Å². The van der Waals surface area contributed by atoms with Crippen LogP contribution in [0.3, 0.4) is 0 Å². The van der Waals surface area contributed by atoms with E-state index < -0.39 is 0 Å². The first kappa shape index (κ1) is 11.9. The van der Waals surface area contributed by atoms with Gasteiger partial charge in [0, 0.05) is 7.11 Å². The molecule has 2 rings (SSSR count). The van der Waals surface area contributed by atoms with Crippen molar-refractivity contribution in [2.75, 3.05) is 13.7 Å². The van der Waals surface area contributed by atoms with E-state index in [0.717, 1.165) is 13.0 Å². The molecule has 0 aromatic heterocycles. The second-order valence-electron chi connectivity index (χ2n) is 4.58. The Morgan fingerprint density at radius 1 is 1.31 bits per heavy atom. The Morgan fingerprint density at radius 2 is 2.00 bits per heavy atom. The van der Waals surface area contributed by atoms with Gasteiger partial charge in [-0.3, -0.25) is 0 Å². The van der Waals surface area contributed by atoms with E-state index in [2.05, 4.69) is 24.3 Å². The van der Waals surface area contributed by atoms with Crippen molar-refractivity contribution in [3.63, 3.8) is 0 Å². The molecular weight excluding hydrogens is 220 g/mol. The van der Waals surface area contributed by atoms with E-state index in [0.29, 0.717) is 5.92 Å². The lowest BCUT2D eigenvalue weighted by molar-refractivity contribution is 0.202. The highest BCUT2D eigenvalue weighted by atomic mass is 35.5. The molecule has 1 nitrogen and oxygen atoms in total. The second-order valence-corrected chi connectivity index (χ2v) is 5.05. The number of hydrogen-bond donors (Lipinski definition) is 0. The van der Waals surface area contributed by atoms with Gasteiger partial charge >= 0.3 is 0 Å². The van der Waals surface area contributed by atoms with Gasteiger partial charge in [0.1, 0.15) is 0 Å². The van der Waals surface area contributed by atoms with Crippen molar-refractivity contribution in [2.45, 2.75) is 31.1 Å². The molecule has 0 amide bonds. The minimum absolute atomic E-state index is 0.213. The summed E-state index contributed by atoms with van der Waals surface area (Å²) in [5.41, 5.74) is 2.59. The molecule has 16 heavy (non-hydrogen) atoms. The summed E-state index contributed by atoms with van der Waals surface area (Å²) < 4.78 is 5.06. The maximum absolute atomic E-state index is 6.44. The first-order valence-corrected chi connectivity index (χ1v) is 6.47. The molecule has 1 aromatic carbocycles. The molecule has 0 N–H and O–H groups in total. The molecular formula is C14H19ClO. The first-order chi connectivity index (χ1) is 7.81. The van der Waals surface area contributed by atoms with E-state index in [9.17, 15) is 0 Å². The Bertz CT molecular complexity index is 316. The van der Waals surface area contributed by atoms with E-state index in [1.807, 2.05) is 0 Å². The molecule has 1 atom stereocenters. The summed E-state index contributed by atoms with van der Waals surface area (Å²) in [5, 5.41) is 0.213. The summed E-state index contributed by atoms with van der Waals surface area (Å²) in [4.78, 5) is 0. The molecule has 1 fully saturated rings. The molecule has 0 aliphatic heterocycles. The van der Waals surface area contributed by atoms with Gasteiger partial charge in [-0.1, -0.05) is 30.7 Å². The summed E-state index contributed by atoms with van der Waals surface area (Å²) in [6.07, 6.45) is 4.91. The Balaban J connectivity index is 1.95. The van der Waals surface area contributed by atoms with Crippen molar-refractivity contribution < 1.29 is 4.74 Å². The van der Waals surface area contributed by atoms with Gasteiger partial charge in [0.25, 0.3) is 0 Å². The van der Waals surface area contributed by atoms with Crippen LogP contribution in [0.2, 0.25) is 0 Å². The Labute approximate surface area is 103 Å². The predicted molar refractivity (Wildman–Crippen MR) is 68.0 cm³/mol. The van der Waals surface area contributed by atoms with E-state index in [1.165, 1.54) is 30.4 Å². The van der Waals surface area contributed by atoms with Gasteiger partial charge in [0.2, 0.25) is 0 Å². The lowest BCUT2D eigenvalue weighted by Gasteiger charge is -2.30. The summed E-state index contributed by atoms with van der Waals surface area (Å²) in [6.45, 7) is 0.784. The van der Waals surface area contributed by atoms with Crippen molar-refractivity contribution in [2.24, 2.45) is 5.92 Å². The fourth-order valence-electron chi connectivity index (χ4n) is 2.09. The third-order valence-corrected chi connectivity index (χ3v) is 4.07. The van der Waals surface area contributed by atoms with Crippen LogP contribution in [-0.2, 0) is 11.2 Å². The van der Waals surface area contributed by atoms with Gasteiger partial charge in [0.05, 0.1) is 12.0 Å². The Morgan fingerprint density at radius 3 is 2.50 bits per heavy atom. The zero-order chi connectivity index (χ0) is 11.4. The molecule has 1 aliphatic rings. The van der Waals surface area contributed by atoms with Crippen LogP contribution in [0.25, 0.3) is 0 Å². The Kier molecular flexibility index (Phi) is 4.25. The van der Waals surface area contributed by atoms with Crippen LogP contribution in [0.15, 0.2) is 24.3 Å². The lowest BCUT2D eigenvalue weighted by Crippen LogP contribution is -2.16. The lowest BCUT2D eigenvalue weighted by atomic mass is 9.80. The van der Waals surface area contributed by atoms with Crippen LogP contribution in [0.1, 0.15) is 35.8 Å². The van der Waals surface area contributed by atoms with Gasteiger partial charge in [-0.05, 0) is 36.3 Å². The van der Waals surface area contributed by atoms with Crippen molar-refractivity contribution >= 4 is 11.6 Å². The minimum Gasteiger partial charge on any atom is -0.384 e. The number of hydrogen-bond acceptors (Lipinski definition) is 1. The molecule has 0 radical (unpaired) electrons. The van der Waals surface area contributed by atoms with Crippen molar-refractivity contribution in [3.8, 4) is 0 Å². The molecule has 0 heterocycles. The summed E-state index contributed by atoms with van der Waals surface area (Å²) >= 11 is 6.44. The van der Waals surface area contributed by atoms with Crippen LogP contribution in [0, 0.1) is 5.92 Å². The van der Waals surface area contributed by atoms with E-state index in [1.54, 1.807) is 7.11 Å². The maximum atomic E-state index is 6.44. The molecule has 2 heteroatoms. The monoisotopic (exact) mass is 238 g/mol. The van der Waals surface area contributed by atoms with E-state index >= 15 is 0 Å². The quantitative estimate of drug-likeness (QED) is 0.706. The van der Waals surface area contributed by atoms with Gasteiger partial charge in [-0.2, -0.15) is 0 Å². The van der Waals surface area contributed by atoms with Gasteiger partial charge < -0.3 is 4.74 Å². The first-order valence-electron chi connectivity index (χ1n) is 6.03. The summed E-state index contributed by atoms with van der Waals surface area (Å²) in [6, 6.07) is 8.67. The van der Waals surface area contributed by atoms with E-state index in [4.69, 9.17) is 16.3 Å². The van der Waals surface area contributed by atoms with Crippen LogP contribution >= 0.6 is 11.6 Å². The van der Waals surface area contributed by atoms with E-state index in [-0.39, 0.29) is 5.38 Å².